The lowest BCUT2D eigenvalue weighted by Crippen LogP contribution is -2.41. The molecule has 0 aliphatic carbocycles. The van der Waals surface area contributed by atoms with Crippen molar-refractivity contribution >= 4 is 41.9 Å². The molecule has 0 spiro atoms. The van der Waals surface area contributed by atoms with Gasteiger partial charge >= 0.3 is 0 Å². The van der Waals surface area contributed by atoms with Gasteiger partial charge in [0.25, 0.3) is 0 Å². The Bertz CT molecular complexity index is 607. The molecule has 1 aliphatic heterocycles. The van der Waals surface area contributed by atoms with E-state index in [0.29, 0.717) is 22.0 Å². The number of benzene rings is 1. The molecule has 0 amide bonds. The van der Waals surface area contributed by atoms with E-state index < -0.39 is 10.0 Å². The second-order valence-corrected chi connectivity index (χ2v) is 9.07. The number of hydrogen-bond acceptors (Lipinski definition) is 3. The summed E-state index contributed by atoms with van der Waals surface area (Å²) in [5, 5.41) is 0. The number of likely N-dealkylation sites (N-methyl/N-ethyl adjacent to an activating group) is 2. The highest BCUT2D eigenvalue weighted by Gasteiger charge is 2.30. The Kier molecular flexibility index (Phi) is 5.87. The van der Waals surface area contributed by atoms with E-state index in [1.807, 2.05) is 6.07 Å². The highest BCUT2D eigenvalue weighted by Crippen LogP contribution is 2.28. The molecule has 1 unspecified atom stereocenters. The largest absolute Gasteiger partial charge is 0.299 e. The molecule has 1 aliphatic rings. The van der Waals surface area contributed by atoms with Gasteiger partial charge < -0.3 is 0 Å². The topological polar surface area (TPSA) is 40.6 Å². The molecule has 0 bridgehead atoms. The fourth-order valence-electron chi connectivity index (χ4n) is 2.76. The minimum Gasteiger partial charge on any atom is -0.299 e. The molecule has 21 heavy (non-hydrogen) atoms. The lowest BCUT2D eigenvalue weighted by molar-refractivity contribution is 0.237. The lowest BCUT2D eigenvalue weighted by atomic mass is 10.2. The van der Waals surface area contributed by atoms with Gasteiger partial charge in [0.15, 0.2) is 0 Å². The van der Waals surface area contributed by atoms with Gasteiger partial charge in [-0.2, -0.15) is 4.31 Å². The third-order valence-electron chi connectivity index (χ3n) is 3.95. The molecular formula is C14H20Br2N2O2S. The van der Waals surface area contributed by atoms with Crippen LogP contribution in [0.5, 0.6) is 0 Å². The van der Waals surface area contributed by atoms with Crippen molar-refractivity contribution in [2.45, 2.75) is 30.7 Å². The average molecular weight is 440 g/mol. The normalized spacial score (nSPS) is 20.3. The maximum Gasteiger partial charge on any atom is 0.244 e. The number of rotatable bonds is 5. The zero-order chi connectivity index (χ0) is 15.6. The summed E-state index contributed by atoms with van der Waals surface area (Å²) in [6.45, 7) is 4.70. The molecule has 4 nitrogen and oxygen atoms in total. The highest BCUT2D eigenvalue weighted by molar-refractivity contribution is 9.11. The Hall–Kier alpha value is 0.0500. The summed E-state index contributed by atoms with van der Waals surface area (Å²) in [5.41, 5.74) is 0. The third kappa shape index (κ3) is 3.88. The Morgan fingerprint density at radius 2 is 2.10 bits per heavy atom. The van der Waals surface area contributed by atoms with Gasteiger partial charge in [-0.3, -0.25) is 4.90 Å². The predicted molar refractivity (Wildman–Crippen MR) is 91.9 cm³/mol. The van der Waals surface area contributed by atoms with E-state index in [4.69, 9.17) is 0 Å². The van der Waals surface area contributed by atoms with Crippen LogP contribution in [0, 0.1) is 0 Å². The van der Waals surface area contributed by atoms with Gasteiger partial charge in [-0.05, 0) is 60.1 Å². The molecule has 0 aromatic heterocycles. The summed E-state index contributed by atoms with van der Waals surface area (Å²) in [4.78, 5) is 2.66. The maximum atomic E-state index is 12.7. The molecule has 0 radical (unpaired) electrons. The SMILES string of the molecule is CCN1CCCC1CN(C)S(=O)(=O)c1cc(Br)ccc1Br. The smallest absolute Gasteiger partial charge is 0.244 e. The number of halogens is 2. The fraction of sp³-hybridized carbons (Fsp3) is 0.571. The Balaban J connectivity index is 2.20. The van der Waals surface area contributed by atoms with E-state index in [1.54, 1.807) is 19.2 Å². The first-order valence-corrected chi connectivity index (χ1v) is 10.0. The van der Waals surface area contributed by atoms with Crippen molar-refractivity contribution in [1.29, 1.82) is 0 Å². The van der Waals surface area contributed by atoms with Crippen molar-refractivity contribution < 1.29 is 8.42 Å². The predicted octanol–water partition coefficient (Wildman–Crippen LogP) is 3.32. The number of nitrogens with zero attached hydrogens (tertiary/aromatic N) is 2. The summed E-state index contributed by atoms with van der Waals surface area (Å²) in [5.74, 6) is 0. The summed E-state index contributed by atoms with van der Waals surface area (Å²) in [7, 11) is -1.82. The molecule has 1 saturated heterocycles. The van der Waals surface area contributed by atoms with Gasteiger partial charge in [0.1, 0.15) is 0 Å². The minimum absolute atomic E-state index is 0.306. The van der Waals surface area contributed by atoms with Crippen molar-refractivity contribution in [3.63, 3.8) is 0 Å². The van der Waals surface area contributed by atoms with E-state index in [2.05, 4.69) is 43.7 Å². The van der Waals surface area contributed by atoms with Gasteiger partial charge in [-0.25, -0.2) is 8.42 Å². The summed E-state index contributed by atoms with van der Waals surface area (Å²) in [6, 6.07) is 5.53. The van der Waals surface area contributed by atoms with Crippen LogP contribution >= 0.6 is 31.9 Å². The molecule has 7 heteroatoms. The van der Waals surface area contributed by atoms with Crippen LogP contribution in [0.15, 0.2) is 32.0 Å². The first-order valence-electron chi connectivity index (χ1n) is 7.01. The molecule has 1 aromatic rings. The Morgan fingerprint density at radius 3 is 2.76 bits per heavy atom. The second kappa shape index (κ2) is 7.08. The zero-order valence-electron chi connectivity index (χ0n) is 12.2. The average Bonchev–Trinajstić information content (AvgIpc) is 2.88. The van der Waals surface area contributed by atoms with Gasteiger partial charge in [-0.1, -0.05) is 22.9 Å². The van der Waals surface area contributed by atoms with Crippen LogP contribution in [0.25, 0.3) is 0 Å². The van der Waals surface area contributed by atoms with E-state index in [1.165, 1.54) is 4.31 Å². The first kappa shape index (κ1) is 17.4. The van der Waals surface area contributed by atoms with Gasteiger partial charge in [0, 0.05) is 28.6 Å². The van der Waals surface area contributed by atoms with Crippen molar-refractivity contribution in [3.8, 4) is 0 Å². The highest BCUT2D eigenvalue weighted by atomic mass is 79.9. The summed E-state index contributed by atoms with van der Waals surface area (Å²) in [6.07, 6.45) is 2.21. The van der Waals surface area contributed by atoms with Gasteiger partial charge in [0.05, 0.1) is 4.90 Å². The first-order chi connectivity index (χ1) is 9.86. The zero-order valence-corrected chi connectivity index (χ0v) is 16.2. The van der Waals surface area contributed by atoms with Crippen molar-refractivity contribution in [1.82, 2.24) is 9.21 Å². The van der Waals surface area contributed by atoms with Crippen LogP contribution in [0.1, 0.15) is 19.8 Å². The van der Waals surface area contributed by atoms with E-state index >= 15 is 0 Å². The molecule has 0 N–H and O–H groups in total. The fourth-order valence-corrected chi connectivity index (χ4v) is 5.42. The van der Waals surface area contributed by atoms with Crippen LogP contribution < -0.4 is 0 Å². The standard InChI is InChI=1S/C14H20Br2N2O2S/c1-3-18-8-4-5-12(18)10-17(2)21(19,20)14-9-11(15)6-7-13(14)16/h6-7,9,12H,3-5,8,10H2,1-2H3. The molecular weight excluding hydrogens is 420 g/mol. The Morgan fingerprint density at radius 1 is 1.38 bits per heavy atom. The number of sulfonamides is 1. The van der Waals surface area contributed by atoms with Crippen molar-refractivity contribution in [3.05, 3.63) is 27.1 Å². The van der Waals surface area contributed by atoms with Crippen LogP contribution in [0.3, 0.4) is 0 Å². The molecule has 118 valence electrons. The molecule has 1 heterocycles. The molecule has 0 saturated carbocycles. The van der Waals surface area contributed by atoms with E-state index in [-0.39, 0.29) is 0 Å². The quantitative estimate of drug-likeness (QED) is 0.706. The summed E-state index contributed by atoms with van der Waals surface area (Å²) >= 11 is 6.67. The molecule has 1 atom stereocenters. The van der Waals surface area contributed by atoms with Crippen LogP contribution in [-0.4, -0.2) is 50.3 Å². The lowest BCUT2D eigenvalue weighted by Gasteiger charge is -2.27. The van der Waals surface area contributed by atoms with Crippen LogP contribution in [-0.2, 0) is 10.0 Å². The van der Waals surface area contributed by atoms with E-state index in [0.717, 1.165) is 30.4 Å². The van der Waals surface area contributed by atoms with Crippen molar-refractivity contribution in [2.24, 2.45) is 0 Å². The van der Waals surface area contributed by atoms with Crippen LogP contribution in [0.4, 0.5) is 0 Å². The Labute approximate surface area is 143 Å². The maximum absolute atomic E-state index is 12.7. The minimum atomic E-state index is -3.48. The molecule has 1 fully saturated rings. The summed E-state index contributed by atoms with van der Waals surface area (Å²) < 4.78 is 28.3. The third-order valence-corrected chi connectivity index (χ3v) is 7.27. The van der Waals surface area contributed by atoms with Gasteiger partial charge in [0.2, 0.25) is 10.0 Å². The monoisotopic (exact) mass is 438 g/mol. The van der Waals surface area contributed by atoms with Crippen LogP contribution in [0.2, 0.25) is 0 Å². The second-order valence-electron chi connectivity index (χ2n) is 5.28. The van der Waals surface area contributed by atoms with Gasteiger partial charge in [-0.15, -0.1) is 0 Å². The number of hydrogen-bond donors (Lipinski definition) is 0. The molecule has 2 rings (SSSR count). The molecule has 1 aromatic carbocycles. The number of likely N-dealkylation sites (tertiary alicyclic amines) is 1. The van der Waals surface area contributed by atoms with Crippen molar-refractivity contribution in [2.75, 3.05) is 26.7 Å². The van der Waals surface area contributed by atoms with E-state index in [9.17, 15) is 8.42 Å².